The molecule has 0 fully saturated rings. The van der Waals surface area contributed by atoms with E-state index in [0.717, 1.165) is 21.9 Å². The summed E-state index contributed by atoms with van der Waals surface area (Å²) in [5.41, 5.74) is 9.42. The number of hydrogen-bond acceptors (Lipinski definition) is 2. The van der Waals surface area contributed by atoms with Crippen LogP contribution in [0.2, 0.25) is 5.02 Å². The summed E-state index contributed by atoms with van der Waals surface area (Å²) in [4.78, 5) is 0. The molecule has 1 atom stereocenters. The van der Waals surface area contributed by atoms with E-state index in [2.05, 4.69) is 19.1 Å². The molecule has 0 radical (unpaired) electrons. The Hall–Kier alpha value is -1.51. The lowest BCUT2D eigenvalue weighted by molar-refractivity contribution is 0.290. The first-order chi connectivity index (χ1) is 9.06. The topological polar surface area (TPSA) is 35.2 Å². The average molecular weight is 276 g/mol. The maximum absolute atomic E-state index is 6.11. The average Bonchev–Trinajstić information content (AvgIpc) is 2.40. The van der Waals surface area contributed by atoms with Crippen molar-refractivity contribution in [3.05, 3.63) is 64.2 Å². The van der Waals surface area contributed by atoms with Crippen LogP contribution in [0.4, 0.5) is 0 Å². The lowest BCUT2D eigenvalue weighted by Crippen LogP contribution is -2.18. The fourth-order valence-electron chi connectivity index (χ4n) is 1.80. The molecule has 0 saturated carbocycles. The van der Waals surface area contributed by atoms with Gasteiger partial charge in [-0.15, -0.1) is 0 Å². The third kappa shape index (κ3) is 3.72. The maximum atomic E-state index is 6.11. The van der Waals surface area contributed by atoms with Gasteiger partial charge in [-0.1, -0.05) is 41.4 Å². The molecule has 0 spiro atoms. The second-order valence-electron chi connectivity index (χ2n) is 4.74. The Kier molecular flexibility index (Phi) is 4.46. The molecule has 0 aromatic heterocycles. The molecule has 3 heteroatoms. The summed E-state index contributed by atoms with van der Waals surface area (Å²) in [6.45, 7) is 4.46. The van der Waals surface area contributed by atoms with Crippen molar-refractivity contribution < 1.29 is 4.74 Å². The molecule has 19 heavy (non-hydrogen) atoms. The Bertz CT molecular complexity index is 551. The van der Waals surface area contributed by atoms with E-state index in [4.69, 9.17) is 22.1 Å². The Labute approximate surface area is 119 Å². The highest BCUT2D eigenvalue weighted by Gasteiger charge is 2.07. The van der Waals surface area contributed by atoms with Crippen molar-refractivity contribution in [3.63, 3.8) is 0 Å². The first kappa shape index (κ1) is 13.9. The SMILES string of the molecule is Cc1ccc(C(N)COc2ccc(Cl)c(C)c2)cc1. The zero-order valence-electron chi connectivity index (χ0n) is 11.2. The van der Waals surface area contributed by atoms with E-state index in [9.17, 15) is 0 Å². The van der Waals surface area contributed by atoms with Crippen LogP contribution in [0.5, 0.6) is 5.75 Å². The minimum atomic E-state index is -0.128. The smallest absolute Gasteiger partial charge is 0.119 e. The van der Waals surface area contributed by atoms with Gasteiger partial charge in [-0.2, -0.15) is 0 Å². The van der Waals surface area contributed by atoms with Gasteiger partial charge in [0.05, 0.1) is 6.04 Å². The Morgan fingerprint density at radius 1 is 1.11 bits per heavy atom. The van der Waals surface area contributed by atoms with Crippen molar-refractivity contribution in [1.29, 1.82) is 0 Å². The molecular weight excluding hydrogens is 258 g/mol. The predicted octanol–water partition coefficient (Wildman–Crippen LogP) is 4.04. The number of rotatable bonds is 4. The highest BCUT2D eigenvalue weighted by atomic mass is 35.5. The van der Waals surface area contributed by atoms with Gasteiger partial charge in [0, 0.05) is 5.02 Å². The van der Waals surface area contributed by atoms with Crippen molar-refractivity contribution in [2.24, 2.45) is 5.73 Å². The molecule has 2 aromatic carbocycles. The first-order valence-electron chi connectivity index (χ1n) is 6.27. The second-order valence-corrected chi connectivity index (χ2v) is 5.15. The van der Waals surface area contributed by atoms with Crippen LogP contribution in [-0.2, 0) is 0 Å². The molecule has 0 aliphatic rings. The summed E-state index contributed by atoms with van der Waals surface area (Å²) in [7, 11) is 0. The van der Waals surface area contributed by atoms with Gasteiger partial charge in [-0.3, -0.25) is 0 Å². The molecule has 2 nitrogen and oxygen atoms in total. The van der Waals surface area contributed by atoms with Gasteiger partial charge in [-0.25, -0.2) is 0 Å². The van der Waals surface area contributed by atoms with Crippen molar-refractivity contribution >= 4 is 11.6 Å². The molecule has 2 rings (SSSR count). The van der Waals surface area contributed by atoms with E-state index in [1.54, 1.807) is 0 Å². The van der Waals surface area contributed by atoms with E-state index in [-0.39, 0.29) is 6.04 Å². The molecular formula is C16H18ClNO. The molecule has 1 unspecified atom stereocenters. The number of hydrogen-bond donors (Lipinski definition) is 1. The van der Waals surface area contributed by atoms with Crippen LogP contribution >= 0.6 is 11.6 Å². The van der Waals surface area contributed by atoms with Crippen LogP contribution in [0.3, 0.4) is 0 Å². The fourth-order valence-corrected chi connectivity index (χ4v) is 1.92. The normalized spacial score (nSPS) is 12.2. The summed E-state index contributed by atoms with van der Waals surface area (Å²) in [6, 6.07) is 13.7. The number of ether oxygens (including phenoxy) is 1. The minimum Gasteiger partial charge on any atom is -0.492 e. The molecule has 2 aromatic rings. The van der Waals surface area contributed by atoms with E-state index in [0.29, 0.717) is 6.61 Å². The van der Waals surface area contributed by atoms with E-state index >= 15 is 0 Å². The summed E-state index contributed by atoms with van der Waals surface area (Å²) >= 11 is 5.97. The predicted molar refractivity (Wildman–Crippen MR) is 79.8 cm³/mol. The molecule has 0 amide bonds. The van der Waals surface area contributed by atoms with Crippen LogP contribution in [0.1, 0.15) is 22.7 Å². The number of nitrogens with two attached hydrogens (primary N) is 1. The van der Waals surface area contributed by atoms with Crippen molar-refractivity contribution in [2.45, 2.75) is 19.9 Å². The van der Waals surface area contributed by atoms with Crippen LogP contribution in [0.15, 0.2) is 42.5 Å². The molecule has 0 bridgehead atoms. The quantitative estimate of drug-likeness (QED) is 0.914. The van der Waals surface area contributed by atoms with Gasteiger partial charge in [0.25, 0.3) is 0 Å². The Morgan fingerprint density at radius 2 is 1.79 bits per heavy atom. The highest BCUT2D eigenvalue weighted by molar-refractivity contribution is 6.31. The molecule has 0 saturated heterocycles. The van der Waals surface area contributed by atoms with Crippen molar-refractivity contribution in [1.82, 2.24) is 0 Å². The molecule has 0 heterocycles. The zero-order valence-corrected chi connectivity index (χ0v) is 11.9. The summed E-state index contributed by atoms with van der Waals surface area (Å²) in [6.07, 6.45) is 0. The molecule has 2 N–H and O–H groups in total. The monoisotopic (exact) mass is 275 g/mol. The van der Waals surface area contributed by atoms with Crippen molar-refractivity contribution in [2.75, 3.05) is 6.61 Å². The van der Waals surface area contributed by atoms with Gasteiger partial charge in [0.1, 0.15) is 12.4 Å². The highest BCUT2D eigenvalue weighted by Crippen LogP contribution is 2.22. The zero-order chi connectivity index (χ0) is 13.8. The van der Waals surface area contributed by atoms with E-state index < -0.39 is 0 Å². The van der Waals surface area contributed by atoms with Crippen LogP contribution < -0.4 is 10.5 Å². The summed E-state index contributed by atoms with van der Waals surface area (Å²) in [5.74, 6) is 0.796. The Morgan fingerprint density at radius 3 is 2.42 bits per heavy atom. The maximum Gasteiger partial charge on any atom is 0.119 e. The van der Waals surface area contributed by atoms with Gasteiger partial charge >= 0.3 is 0 Å². The van der Waals surface area contributed by atoms with E-state index in [1.807, 2.05) is 37.3 Å². The van der Waals surface area contributed by atoms with Crippen LogP contribution in [0, 0.1) is 13.8 Å². The first-order valence-corrected chi connectivity index (χ1v) is 6.65. The number of halogens is 1. The number of benzene rings is 2. The van der Waals surface area contributed by atoms with E-state index in [1.165, 1.54) is 5.56 Å². The molecule has 100 valence electrons. The lowest BCUT2D eigenvalue weighted by atomic mass is 10.1. The Balaban J connectivity index is 1.98. The van der Waals surface area contributed by atoms with Gasteiger partial charge in [0.15, 0.2) is 0 Å². The largest absolute Gasteiger partial charge is 0.492 e. The standard InChI is InChI=1S/C16H18ClNO/c1-11-3-5-13(6-4-11)16(18)10-19-14-7-8-15(17)12(2)9-14/h3-9,16H,10,18H2,1-2H3. The van der Waals surface area contributed by atoms with Crippen LogP contribution in [-0.4, -0.2) is 6.61 Å². The van der Waals surface area contributed by atoms with Crippen molar-refractivity contribution in [3.8, 4) is 5.75 Å². The van der Waals surface area contributed by atoms with Gasteiger partial charge < -0.3 is 10.5 Å². The third-order valence-corrected chi connectivity index (χ3v) is 3.49. The summed E-state index contributed by atoms with van der Waals surface area (Å²) < 4.78 is 5.70. The van der Waals surface area contributed by atoms with Gasteiger partial charge in [-0.05, 0) is 43.2 Å². The lowest BCUT2D eigenvalue weighted by Gasteiger charge is -2.14. The fraction of sp³-hybridized carbons (Fsp3) is 0.250. The summed E-state index contributed by atoms with van der Waals surface area (Å²) in [5, 5.41) is 0.746. The molecule has 0 aliphatic carbocycles. The molecule has 0 aliphatic heterocycles. The minimum absolute atomic E-state index is 0.128. The third-order valence-electron chi connectivity index (χ3n) is 3.06. The second kappa shape index (κ2) is 6.09. The van der Waals surface area contributed by atoms with Crippen LogP contribution in [0.25, 0.3) is 0 Å². The van der Waals surface area contributed by atoms with Gasteiger partial charge in [0.2, 0.25) is 0 Å². The number of aryl methyl sites for hydroxylation is 2.